The van der Waals surface area contributed by atoms with Crippen molar-refractivity contribution in [2.24, 2.45) is 0 Å². The van der Waals surface area contributed by atoms with Crippen LogP contribution in [0.4, 0.5) is 0 Å². The Hall–Kier alpha value is -0.540. The van der Waals surface area contributed by atoms with E-state index in [-0.39, 0.29) is 0 Å². The number of ether oxygens (including phenoxy) is 1. The SMILES string of the molecule is CC(=CO)COCC(C)O. The maximum absolute atomic E-state index is 8.73. The summed E-state index contributed by atoms with van der Waals surface area (Å²) in [5, 5.41) is 17.1. The van der Waals surface area contributed by atoms with Crippen LogP contribution in [0.1, 0.15) is 13.8 Å². The van der Waals surface area contributed by atoms with Gasteiger partial charge in [0.05, 0.1) is 25.6 Å². The Kier molecular flexibility index (Phi) is 4.98. The molecule has 0 radical (unpaired) electrons. The molecule has 0 aliphatic rings. The minimum Gasteiger partial charge on any atom is -0.516 e. The largest absolute Gasteiger partial charge is 0.516 e. The van der Waals surface area contributed by atoms with E-state index in [1.54, 1.807) is 13.8 Å². The highest BCUT2D eigenvalue weighted by atomic mass is 16.5. The van der Waals surface area contributed by atoms with E-state index in [4.69, 9.17) is 14.9 Å². The molecule has 0 aliphatic carbocycles. The lowest BCUT2D eigenvalue weighted by Gasteiger charge is -2.04. The predicted octanol–water partition coefficient (Wildman–Crippen LogP) is 0.846. The van der Waals surface area contributed by atoms with Gasteiger partial charge in [0, 0.05) is 0 Å². The lowest BCUT2D eigenvalue weighted by atomic mass is 10.4. The van der Waals surface area contributed by atoms with E-state index in [9.17, 15) is 0 Å². The third-order valence-corrected chi connectivity index (χ3v) is 0.909. The van der Waals surface area contributed by atoms with Gasteiger partial charge in [-0.3, -0.25) is 0 Å². The van der Waals surface area contributed by atoms with Gasteiger partial charge in [0.2, 0.25) is 0 Å². The molecule has 0 aromatic carbocycles. The smallest absolute Gasteiger partial charge is 0.0803 e. The van der Waals surface area contributed by atoms with Crippen LogP contribution in [0.15, 0.2) is 11.8 Å². The summed E-state index contributed by atoms with van der Waals surface area (Å²) >= 11 is 0. The molecule has 0 heterocycles. The average Bonchev–Trinajstić information content (AvgIpc) is 1.87. The minimum absolute atomic E-state index is 0.311. The van der Waals surface area contributed by atoms with Crippen LogP contribution < -0.4 is 0 Å². The fourth-order valence-electron chi connectivity index (χ4n) is 0.428. The first-order valence-electron chi connectivity index (χ1n) is 3.22. The summed E-state index contributed by atoms with van der Waals surface area (Å²) in [6, 6.07) is 0. The molecule has 0 aliphatic heterocycles. The van der Waals surface area contributed by atoms with Crippen molar-refractivity contribution in [3.63, 3.8) is 0 Å². The molecule has 0 aromatic heterocycles. The number of aliphatic hydroxyl groups is 2. The zero-order valence-corrected chi connectivity index (χ0v) is 6.37. The lowest BCUT2D eigenvalue weighted by Crippen LogP contribution is -2.11. The van der Waals surface area contributed by atoms with Gasteiger partial charge in [-0.1, -0.05) is 0 Å². The molecule has 0 saturated heterocycles. The monoisotopic (exact) mass is 146 g/mol. The van der Waals surface area contributed by atoms with Crippen LogP contribution >= 0.6 is 0 Å². The molecule has 10 heavy (non-hydrogen) atoms. The Bertz CT molecular complexity index is 107. The summed E-state index contributed by atoms with van der Waals surface area (Å²) in [6.07, 6.45) is 0.564. The summed E-state index contributed by atoms with van der Waals surface area (Å²) in [7, 11) is 0. The van der Waals surface area contributed by atoms with Crippen LogP contribution in [0.2, 0.25) is 0 Å². The Balaban J connectivity index is 3.20. The van der Waals surface area contributed by atoms with Gasteiger partial charge in [-0.2, -0.15) is 0 Å². The molecule has 0 saturated carbocycles. The molecule has 0 rings (SSSR count). The van der Waals surface area contributed by atoms with Gasteiger partial charge >= 0.3 is 0 Å². The second-order valence-corrected chi connectivity index (χ2v) is 2.34. The molecule has 0 spiro atoms. The van der Waals surface area contributed by atoms with Gasteiger partial charge in [0.15, 0.2) is 0 Å². The first-order chi connectivity index (χ1) is 4.66. The van der Waals surface area contributed by atoms with Crippen molar-refractivity contribution in [1.82, 2.24) is 0 Å². The van der Waals surface area contributed by atoms with Crippen molar-refractivity contribution < 1.29 is 14.9 Å². The van der Waals surface area contributed by atoms with Crippen molar-refractivity contribution in [2.75, 3.05) is 13.2 Å². The normalized spacial score (nSPS) is 15.3. The van der Waals surface area contributed by atoms with Crippen molar-refractivity contribution in [1.29, 1.82) is 0 Å². The van der Waals surface area contributed by atoms with Crippen LogP contribution in [-0.4, -0.2) is 29.5 Å². The molecule has 0 bridgehead atoms. The minimum atomic E-state index is -0.438. The summed E-state index contributed by atoms with van der Waals surface area (Å²) < 4.78 is 4.97. The van der Waals surface area contributed by atoms with Crippen molar-refractivity contribution in [3.05, 3.63) is 11.8 Å². The van der Waals surface area contributed by atoms with E-state index in [0.29, 0.717) is 13.2 Å². The standard InChI is InChI=1S/C7H14O3/c1-6(3-8)4-10-5-7(2)9/h3,7-9H,4-5H2,1-2H3. The zero-order valence-electron chi connectivity index (χ0n) is 6.37. The van der Waals surface area contributed by atoms with Crippen LogP contribution in [0.25, 0.3) is 0 Å². The fraction of sp³-hybridized carbons (Fsp3) is 0.714. The molecular weight excluding hydrogens is 132 g/mol. The first kappa shape index (κ1) is 9.46. The van der Waals surface area contributed by atoms with Crippen molar-refractivity contribution in [2.45, 2.75) is 20.0 Å². The highest BCUT2D eigenvalue weighted by Gasteiger charge is 1.94. The van der Waals surface area contributed by atoms with E-state index in [2.05, 4.69) is 0 Å². The Morgan fingerprint density at radius 2 is 2.30 bits per heavy atom. The second-order valence-electron chi connectivity index (χ2n) is 2.34. The molecule has 1 atom stereocenters. The topological polar surface area (TPSA) is 49.7 Å². The Morgan fingerprint density at radius 3 is 2.70 bits per heavy atom. The molecule has 0 amide bonds. The fourth-order valence-corrected chi connectivity index (χ4v) is 0.428. The van der Waals surface area contributed by atoms with Crippen molar-refractivity contribution in [3.8, 4) is 0 Å². The van der Waals surface area contributed by atoms with E-state index >= 15 is 0 Å². The van der Waals surface area contributed by atoms with Gasteiger partial charge in [-0.05, 0) is 19.4 Å². The van der Waals surface area contributed by atoms with E-state index in [1.807, 2.05) is 0 Å². The van der Waals surface area contributed by atoms with E-state index in [1.165, 1.54) is 0 Å². The van der Waals surface area contributed by atoms with Crippen molar-refractivity contribution >= 4 is 0 Å². The molecular formula is C7H14O3. The Morgan fingerprint density at radius 1 is 1.70 bits per heavy atom. The number of aliphatic hydroxyl groups excluding tert-OH is 2. The van der Waals surface area contributed by atoms with Crippen LogP contribution in [-0.2, 0) is 4.74 Å². The second kappa shape index (κ2) is 5.26. The van der Waals surface area contributed by atoms with Gasteiger partial charge in [0.1, 0.15) is 0 Å². The number of hydrogen-bond acceptors (Lipinski definition) is 3. The van der Waals surface area contributed by atoms with Crippen LogP contribution in [0.5, 0.6) is 0 Å². The average molecular weight is 146 g/mol. The summed E-state index contributed by atoms with van der Waals surface area (Å²) in [6.45, 7) is 4.09. The van der Waals surface area contributed by atoms with Gasteiger partial charge in [-0.25, -0.2) is 0 Å². The highest BCUT2D eigenvalue weighted by molar-refractivity contribution is 4.91. The molecule has 0 aromatic rings. The molecule has 1 unspecified atom stereocenters. The lowest BCUT2D eigenvalue weighted by molar-refractivity contribution is 0.0564. The maximum atomic E-state index is 8.73. The van der Waals surface area contributed by atoms with E-state index < -0.39 is 6.10 Å². The highest BCUT2D eigenvalue weighted by Crippen LogP contribution is 1.92. The first-order valence-corrected chi connectivity index (χ1v) is 3.22. The zero-order chi connectivity index (χ0) is 7.98. The van der Waals surface area contributed by atoms with Gasteiger partial charge in [-0.15, -0.1) is 0 Å². The van der Waals surface area contributed by atoms with E-state index in [0.717, 1.165) is 11.8 Å². The predicted molar refractivity (Wildman–Crippen MR) is 38.9 cm³/mol. The Labute approximate surface area is 60.9 Å². The summed E-state index contributed by atoms with van der Waals surface area (Å²) in [5.74, 6) is 0. The van der Waals surface area contributed by atoms with Crippen LogP contribution in [0.3, 0.4) is 0 Å². The van der Waals surface area contributed by atoms with Gasteiger partial charge in [0.25, 0.3) is 0 Å². The maximum Gasteiger partial charge on any atom is 0.0803 e. The van der Waals surface area contributed by atoms with Gasteiger partial charge < -0.3 is 14.9 Å². The molecule has 2 N–H and O–H groups in total. The number of rotatable bonds is 4. The molecule has 3 nitrogen and oxygen atoms in total. The molecule has 3 heteroatoms. The third kappa shape index (κ3) is 5.59. The third-order valence-electron chi connectivity index (χ3n) is 0.909. The number of hydrogen-bond donors (Lipinski definition) is 2. The quantitative estimate of drug-likeness (QED) is 0.578. The molecule has 0 fully saturated rings. The summed E-state index contributed by atoms with van der Waals surface area (Å²) in [5.41, 5.74) is 0.751. The summed E-state index contributed by atoms with van der Waals surface area (Å²) in [4.78, 5) is 0. The molecule has 60 valence electrons. The van der Waals surface area contributed by atoms with Crippen LogP contribution in [0, 0.1) is 0 Å².